The fourth-order valence-electron chi connectivity index (χ4n) is 2.35. The number of nitrogens with one attached hydrogen (secondary N) is 1. The van der Waals surface area contributed by atoms with Gasteiger partial charge < -0.3 is 11.1 Å². The number of aliphatic imine (C=N–C) groups is 1. The lowest BCUT2D eigenvalue weighted by atomic mass is 9.90. The summed E-state index contributed by atoms with van der Waals surface area (Å²) in [4.78, 5) is 4.38. The molecule has 0 amide bonds. The van der Waals surface area contributed by atoms with Crippen LogP contribution < -0.4 is 11.1 Å². The molecule has 2 aromatic rings. The third kappa shape index (κ3) is 2.71. The molecule has 1 unspecified atom stereocenters. The highest BCUT2D eigenvalue weighted by molar-refractivity contribution is 5.94. The molecule has 0 fully saturated rings. The lowest BCUT2D eigenvalue weighted by Gasteiger charge is -2.16. The van der Waals surface area contributed by atoms with Crippen LogP contribution in [0.25, 0.3) is 0 Å². The Kier molecular flexibility index (Phi) is 4.07. The molecular formula is C15H16ClN3. The van der Waals surface area contributed by atoms with Crippen molar-refractivity contribution in [3.05, 3.63) is 65.7 Å². The molecule has 4 heteroatoms. The molecular weight excluding hydrogens is 258 g/mol. The van der Waals surface area contributed by atoms with Gasteiger partial charge in [-0.05, 0) is 17.2 Å². The van der Waals surface area contributed by atoms with E-state index in [0.29, 0.717) is 12.5 Å². The number of rotatable bonds is 1. The van der Waals surface area contributed by atoms with Gasteiger partial charge in [-0.1, -0.05) is 48.5 Å². The van der Waals surface area contributed by atoms with Gasteiger partial charge in [0, 0.05) is 11.6 Å². The van der Waals surface area contributed by atoms with E-state index in [1.165, 1.54) is 11.1 Å². The van der Waals surface area contributed by atoms with Crippen LogP contribution in [0.1, 0.15) is 17.0 Å². The van der Waals surface area contributed by atoms with Crippen LogP contribution in [0.4, 0.5) is 5.69 Å². The normalized spacial score (nSPS) is 17.3. The minimum Gasteiger partial charge on any atom is -0.370 e. The molecule has 3 nitrogen and oxygen atoms in total. The molecule has 0 saturated heterocycles. The fourth-order valence-corrected chi connectivity index (χ4v) is 2.35. The van der Waals surface area contributed by atoms with E-state index < -0.39 is 0 Å². The van der Waals surface area contributed by atoms with E-state index >= 15 is 0 Å². The van der Waals surface area contributed by atoms with Crippen LogP contribution in [-0.4, -0.2) is 12.5 Å². The molecule has 19 heavy (non-hydrogen) atoms. The Balaban J connectivity index is 0.00000133. The number of halogens is 1. The molecule has 2 aromatic carbocycles. The van der Waals surface area contributed by atoms with Gasteiger partial charge in [0.1, 0.15) is 0 Å². The largest absolute Gasteiger partial charge is 0.370 e. The number of guanidine groups is 1. The molecule has 0 bridgehead atoms. The lowest BCUT2D eigenvalue weighted by molar-refractivity contribution is 0.828. The quantitative estimate of drug-likeness (QED) is 0.839. The first-order chi connectivity index (χ1) is 8.84. The molecule has 1 aliphatic rings. The number of hydrogen-bond acceptors (Lipinski definition) is 3. The summed E-state index contributed by atoms with van der Waals surface area (Å²) in [6.07, 6.45) is 0. The molecule has 0 radical (unpaired) electrons. The van der Waals surface area contributed by atoms with Crippen molar-refractivity contribution in [2.24, 2.45) is 10.7 Å². The zero-order valence-corrected chi connectivity index (χ0v) is 11.2. The van der Waals surface area contributed by atoms with Crippen molar-refractivity contribution < 1.29 is 0 Å². The minimum atomic E-state index is 0. The fraction of sp³-hybridized carbons (Fsp3) is 0.133. The summed E-state index contributed by atoms with van der Waals surface area (Å²) in [5.41, 5.74) is 9.39. The maximum atomic E-state index is 5.83. The Morgan fingerprint density at radius 3 is 2.47 bits per heavy atom. The number of anilines is 1. The summed E-state index contributed by atoms with van der Waals surface area (Å²) in [6.45, 7) is 0.680. The molecule has 0 aliphatic carbocycles. The summed E-state index contributed by atoms with van der Waals surface area (Å²) in [5, 5.41) is 3.15. The molecule has 0 spiro atoms. The van der Waals surface area contributed by atoms with E-state index in [2.05, 4.69) is 46.7 Å². The number of nitrogens with zero attached hydrogens (tertiary/aromatic N) is 1. The molecule has 3 N–H and O–H groups in total. The molecule has 1 aliphatic heterocycles. The number of hydrogen-bond donors (Lipinski definition) is 2. The van der Waals surface area contributed by atoms with Gasteiger partial charge in [0.2, 0.25) is 0 Å². The van der Waals surface area contributed by atoms with Crippen molar-refractivity contribution in [3.63, 3.8) is 0 Å². The van der Waals surface area contributed by atoms with Gasteiger partial charge in [0.25, 0.3) is 0 Å². The Hall–Kier alpha value is -2.00. The van der Waals surface area contributed by atoms with Crippen LogP contribution in [0.15, 0.2) is 59.6 Å². The van der Waals surface area contributed by atoms with Gasteiger partial charge >= 0.3 is 0 Å². The smallest absolute Gasteiger partial charge is 0.193 e. The predicted octanol–water partition coefficient (Wildman–Crippen LogP) is 2.98. The third-order valence-electron chi connectivity index (χ3n) is 3.25. The monoisotopic (exact) mass is 273 g/mol. The van der Waals surface area contributed by atoms with E-state index in [-0.39, 0.29) is 18.3 Å². The molecule has 3 rings (SSSR count). The number of para-hydroxylation sites is 1. The summed E-state index contributed by atoms with van der Waals surface area (Å²) >= 11 is 0. The number of nitrogens with two attached hydrogens (primary N) is 1. The standard InChI is InChI=1S/C15H15N3.ClH/c16-15-17-10-13(11-6-2-1-3-7-11)12-8-4-5-9-14(12)18-15;/h1-9,13H,10H2,(H3,16,17,18);1H. The number of benzene rings is 2. The number of fused-ring (bicyclic) bond motifs is 1. The van der Waals surface area contributed by atoms with Gasteiger partial charge in [-0.3, -0.25) is 4.99 Å². The van der Waals surface area contributed by atoms with E-state index in [4.69, 9.17) is 5.73 Å². The molecule has 98 valence electrons. The Labute approximate surface area is 119 Å². The van der Waals surface area contributed by atoms with Gasteiger partial charge in [0.05, 0.1) is 6.54 Å². The second-order valence-electron chi connectivity index (χ2n) is 4.40. The topological polar surface area (TPSA) is 50.4 Å². The predicted molar refractivity (Wildman–Crippen MR) is 82.1 cm³/mol. The van der Waals surface area contributed by atoms with Gasteiger partial charge in [-0.25, -0.2) is 0 Å². The zero-order chi connectivity index (χ0) is 12.4. The first kappa shape index (κ1) is 13.4. The van der Waals surface area contributed by atoms with Crippen LogP contribution >= 0.6 is 12.4 Å². The maximum Gasteiger partial charge on any atom is 0.193 e. The van der Waals surface area contributed by atoms with Gasteiger partial charge in [-0.15, -0.1) is 12.4 Å². The van der Waals surface area contributed by atoms with E-state index in [1.54, 1.807) is 0 Å². The summed E-state index contributed by atoms with van der Waals surface area (Å²) < 4.78 is 0. The molecule has 0 aromatic heterocycles. The second-order valence-corrected chi connectivity index (χ2v) is 4.40. The Morgan fingerprint density at radius 2 is 1.68 bits per heavy atom. The lowest BCUT2D eigenvalue weighted by Crippen LogP contribution is -2.21. The second kappa shape index (κ2) is 5.76. The molecule has 1 heterocycles. The highest BCUT2D eigenvalue weighted by Crippen LogP contribution is 2.32. The summed E-state index contributed by atoms with van der Waals surface area (Å²) in [5.74, 6) is 0.747. The van der Waals surface area contributed by atoms with Crippen LogP contribution in [0.3, 0.4) is 0 Å². The average molecular weight is 274 g/mol. The highest BCUT2D eigenvalue weighted by Gasteiger charge is 2.19. The zero-order valence-electron chi connectivity index (χ0n) is 10.4. The van der Waals surface area contributed by atoms with Crippen LogP contribution in [0, 0.1) is 0 Å². The van der Waals surface area contributed by atoms with Crippen molar-refractivity contribution in [3.8, 4) is 0 Å². The Morgan fingerprint density at radius 1 is 1.00 bits per heavy atom. The third-order valence-corrected chi connectivity index (χ3v) is 3.25. The summed E-state index contributed by atoms with van der Waals surface area (Å²) in [6, 6.07) is 18.7. The highest BCUT2D eigenvalue weighted by atomic mass is 35.5. The van der Waals surface area contributed by atoms with E-state index in [1.807, 2.05) is 18.2 Å². The first-order valence-corrected chi connectivity index (χ1v) is 6.05. The van der Waals surface area contributed by atoms with Crippen molar-refractivity contribution in [1.29, 1.82) is 0 Å². The van der Waals surface area contributed by atoms with Crippen molar-refractivity contribution >= 4 is 24.1 Å². The average Bonchev–Trinajstić information content (AvgIpc) is 2.58. The Bertz CT molecular complexity index is 581. The van der Waals surface area contributed by atoms with Crippen molar-refractivity contribution in [1.82, 2.24) is 0 Å². The molecule has 0 saturated carbocycles. The van der Waals surface area contributed by atoms with Gasteiger partial charge in [0.15, 0.2) is 5.96 Å². The summed E-state index contributed by atoms with van der Waals surface area (Å²) in [7, 11) is 0. The first-order valence-electron chi connectivity index (χ1n) is 6.05. The SMILES string of the molecule is Cl.NC1=NCC(c2ccccc2)c2ccccc2N1. The van der Waals surface area contributed by atoms with Crippen molar-refractivity contribution in [2.45, 2.75) is 5.92 Å². The molecule has 1 atom stereocenters. The maximum absolute atomic E-state index is 5.83. The van der Waals surface area contributed by atoms with Crippen LogP contribution in [0.2, 0.25) is 0 Å². The van der Waals surface area contributed by atoms with E-state index in [9.17, 15) is 0 Å². The van der Waals surface area contributed by atoms with E-state index in [0.717, 1.165) is 5.69 Å². The van der Waals surface area contributed by atoms with Crippen LogP contribution in [-0.2, 0) is 0 Å². The van der Waals surface area contributed by atoms with Crippen LogP contribution in [0.5, 0.6) is 0 Å². The van der Waals surface area contributed by atoms with Crippen molar-refractivity contribution in [2.75, 3.05) is 11.9 Å². The van der Waals surface area contributed by atoms with Gasteiger partial charge in [-0.2, -0.15) is 0 Å². The minimum absolute atomic E-state index is 0.